The molecule has 0 saturated heterocycles. The smallest absolute Gasteiger partial charge is 0.167 e. The Hall–Kier alpha value is -1.61. The minimum Gasteiger partial charge on any atom is -0.389 e. The van der Waals surface area contributed by atoms with Crippen LogP contribution in [0.15, 0.2) is 40.9 Å². The highest BCUT2D eigenvalue weighted by atomic mass is 16.5. The van der Waals surface area contributed by atoms with Gasteiger partial charge in [-0.3, -0.25) is 0 Å². The van der Waals surface area contributed by atoms with Crippen LogP contribution in [-0.2, 0) is 6.42 Å². The SMILES string of the molecule is OC1(Cc2cc(-c3ccccc3)on2)CCCC1. The Morgan fingerprint density at radius 3 is 2.61 bits per heavy atom. The van der Waals surface area contributed by atoms with Gasteiger partial charge in [0.2, 0.25) is 0 Å². The van der Waals surface area contributed by atoms with Gasteiger partial charge in [0, 0.05) is 18.1 Å². The predicted molar refractivity (Wildman–Crippen MR) is 69.1 cm³/mol. The average Bonchev–Trinajstić information content (AvgIpc) is 3.00. The Balaban J connectivity index is 1.78. The van der Waals surface area contributed by atoms with Crippen LogP contribution >= 0.6 is 0 Å². The standard InChI is InChI=1S/C15H17NO2/c17-15(8-4-5-9-15)11-13-10-14(18-16-13)12-6-2-1-3-7-12/h1-3,6-7,10,17H,4-5,8-9,11H2. The molecule has 0 bridgehead atoms. The molecular formula is C15H17NO2. The largest absolute Gasteiger partial charge is 0.389 e. The molecule has 18 heavy (non-hydrogen) atoms. The zero-order chi connectivity index (χ0) is 12.4. The van der Waals surface area contributed by atoms with E-state index >= 15 is 0 Å². The average molecular weight is 243 g/mol. The summed E-state index contributed by atoms with van der Waals surface area (Å²) in [4.78, 5) is 0. The first-order chi connectivity index (χ1) is 8.75. The van der Waals surface area contributed by atoms with E-state index in [1.54, 1.807) is 0 Å². The van der Waals surface area contributed by atoms with Gasteiger partial charge in [-0.15, -0.1) is 0 Å². The van der Waals surface area contributed by atoms with Crippen molar-refractivity contribution in [2.24, 2.45) is 0 Å². The van der Waals surface area contributed by atoms with Gasteiger partial charge in [-0.05, 0) is 12.8 Å². The lowest BCUT2D eigenvalue weighted by atomic mass is 9.96. The van der Waals surface area contributed by atoms with Crippen molar-refractivity contribution in [3.05, 3.63) is 42.1 Å². The molecule has 3 heteroatoms. The third-order valence-electron chi connectivity index (χ3n) is 3.66. The molecule has 1 aliphatic carbocycles. The van der Waals surface area contributed by atoms with Crippen LogP contribution in [0.2, 0.25) is 0 Å². The second kappa shape index (κ2) is 4.58. The van der Waals surface area contributed by atoms with E-state index < -0.39 is 5.60 Å². The van der Waals surface area contributed by atoms with Crippen molar-refractivity contribution in [1.82, 2.24) is 5.16 Å². The van der Waals surface area contributed by atoms with Gasteiger partial charge in [0.1, 0.15) is 0 Å². The molecule has 1 aromatic carbocycles. The van der Waals surface area contributed by atoms with Crippen molar-refractivity contribution in [3.8, 4) is 11.3 Å². The maximum atomic E-state index is 10.3. The highest BCUT2D eigenvalue weighted by Crippen LogP contribution is 2.33. The van der Waals surface area contributed by atoms with Crippen LogP contribution in [0.25, 0.3) is 11.3 Å². The Labute approximate surface area is 106 Å². The topological polar surface area (TPSA) is 46.3 Å². The third-order valence-corrected chi connectivity index (χ3v) is 3.66. The molecule has 1 saturated carbocycles. The van der Waals surface area contributed by atoms with E-state index in [1.165, 1.54) is 0 Å². The summed E-state index contributed by atoms with van der Waals surface area (Å²) in [6.45, 7) is 0. The monoisotopic (exact) mass is 243 g/mol. The fourth-order valence-corrected chi connectivity index (χ4v) is 2.68. The molecule has 1 heterocycles. The highest BCUT2D eigenvalue weighted by molar-refractivity contribution is 5.56. The van der Waals surface area contributed by atoms with Crippen LogP contribution in [-0.4, -0.2) is 15.9 Å². The Bertz CT molecular complexity index is 512. The van der Waals surface area contributed by atoms with E-state index in [-0.39, 0.29) is 0 Å². The first-order valence-corrected chi connectivity index (χ1v) is 6.49. The Kier molecular flexibility index (Phi) is 2.92. The predicted octanol–water partition coefficient (Wildman–Crippen LogP) is 3.19. The van der Waals surface area contributed by atoms with Gasteiger partial charge in [0.05, 0.1) is 11.3 Å². The van der Waals surface area contributed by atoms with Crippen LogP contribution in [0.3, 0.4) is 0 Å². The summed E-state index contributed by atoms with van der Waals surface area (Å²) < 4.78 is 5.34. The molecule has 0 aliphatic heterocycles. The molecular weight excluding hydrogens is 226 g/mol. The van der Waals surface area contributed by atoms with Crippen molar-refractivity contribution < 1.29 is 9.63 Å². The molecule has 3 rings (SSSR count). The molecule has 0 amide bonds. The summed E-state index contributed by atoms with van der Waals surface area (Å²) in [5.41, 5.74) is 1.30. The van der Waals surface area contributed by atoms with Gasteiger partial charge in [0.25, 0.3) is 0 Å². The summed E-state index contributed by atoms with van der Waals surface area (Å²) in [7, 11) is 0. The summed E-state index contributed by atoms with van der Waals surface area (Å²) in [6, 6.07) is 11.8. The van der Waals surface area contributed by atoms with Gasteiger partial charge < -0.3 is 9.63 Å². The van der Waals surface area contributed by atoms with Crippen LogP contribution in [0, 0.1) is 0 Å². The van der Waals surface area contributed by atoms with Crippen molar-refractivity contribution in [3.63, 3.8) is 0 Å². The van der Waals surface area contributed by atoms with Gasteiger partial charge >= 0.3 is 0 Å². The van der Waals surface area contributed by atoms with Crippen molar-refractivity contribution in [1.29, 1.82) is 0 Å². The zero-order valence-electron chi connectivity index (χ0n) is 10.3. The number of aliphatic hydroxyl groups is 1. The van der Waals surface area contributed by atoms with E-state index in [2.05, 4.69) is 5.16 Å². The second-order valence-electron chi connectivity index (χ2n) is 5.16. The van der Waals surface area contributed by atoms with Gasteiger partial charge in [-0.25, -0.2) is 0 Å². The molecule has 94 valence electrons. The highest BCUT2D eigenvalue weighted by Gasteiger charge is 2.32. The van der Waals surface area contributed by atoms with Crippen molar-refractivity contribution >= 4 is 0 Å². The molecule has 1 N–H and O–H groups in total. The summed E-state index contributed by atoms with van der Waals surface area (Å²) in [5, 5.41) is 14.4. The zero-order valence-corrected chi connectivity index (χ0v) is 10.3. The lowest BCUT2D eigenvalue weighted by Crippen LogP contribution is -2.27. The first-order valence-electron chi connectivity index (χ1n) is 6.49. The van der Waals surface area contributed by atoms with Crippen LogP contribution in [0.1, 0.15) is 31.4 Å². The minimum absolute atomic E-state index is 0.565. The number of hydrogen-bond donors (Lipinski definition) is 1. The quantitative estimate of drug-likeness (QED) is 0.900. The van der Waals surface area contributed by atoms with Crippen LogP contribution < -0.4 is 0 Å². The molecule has 1 aliphatic rings. The normalized spacial score (nSPS) is 18.1. The van der Waals surface area contributed by atoms with Crippen LogP contribution in [0.4, 0.5) is 0 Å². The molecule has 1 aromatic heterocycles. The fraction of sp³-hybridized carbons (Fsp3) is 0.400. The molecule has 0 spiro atoms. The van der Waals surface area contributed by atoms with E-state index in [4.69, 9.17) is 4.52 Å². The molecule has 1 fully saturated rings. The lowest BCUT2D eigenvalue weighted by Gasteiger charge is -2.19. The van der Waals surface area contributed by atoms with Crippen molar-refractivity contribution in [2.45, 2.75) is 37.7 Å². The molecule has 0 radical (unpaired) electrons. The van der Waals surface area contributed by atoms with E-state index in [0.29, 0.717) is 6.42 Å². The fourth-order valence-electron chi connectivity index (χ4n) is 2.68. The Morgan fingerprint density at radius 1 is 1.17 bits per heavy atom. The molecule has 2 aromatic rings. The summed E-state index contributed by atoms with van der Waals surface area (Å²) >= 11 is 0. The van der Waals surface area contributed by atoms with E-state index in [0.717, 1.165) is 42.7 Å². The number of nitrogens with zero attached hydrogens (tertiary/aromatic N) is 1. The molecule has 3 nitrogen and oxygen atoms in total. The minimum atomic E-state index is -0.565. The number of rotatable bonds is 3. The summed E-state index contributed by atoms with van der Waals surface area (Å²) in [5.74, 6) is 0.771. The van der Waals surface area contributed by atoms with Gasteiger partial charge in [0.15, 0.2) is 5.76 Å². The first kappa shape index (κ1) is 11.5. The maximum absolute atomic E-state index is 10.3. The van der Waals surface area contributed by atoms with Crippen molar-refractivity contribution in [2.75, 3.05) is 0 Å². The number of aromatic nitrogens is 1. The van der Waals surface area contributed by atoms with E-state index in [1.807, 2.05) is 36.4 Å². The van der Waals surface area contributed by atoms with Gasteiger partial charge in [-0.2, -0.15) is 0 Å². The number of hydrogen-bond acceptors (Lipinski definition) is 3. The molecule has 0 atom stereocenters. The molecule has 0 unspecified atom stereocenters. The van der Waals surface area contributed by atoms with E-state index in [9.17, 15) is 5.11 Å². The van der Waals surface area contributed by atoms with Crippen LogP contribution in [0.5, 0.6) is 0 Å². The Morgan fingerprint density at radius 2 is 1.89 bits per heavy atom. The van der Waals surface area contributed by atoms with Gasteiger partial charge in [-0.1, -0.05) is 48.3 Å². The number of benzene rings is 1. The lowest BCUT2D eigenvalue weighted by molar-refractivity contribution is 0.0464. The third kappa shape index (κ3) is 2.31. The maximum Gasteiger partial charge on any atom is 0.167 e. The second-order valence-corrected chi connectivity index (χ2v) is 5.16. The summed E-state index contributed by atoms with van der Waals surface area (Å²) in [6.07, 6.45) is 4.57.